The van der Waals surface area contributed by atoms with Crippen LogP contribution in [0.2, 0.25) is 0 Å². The zero-order valence-corrected chi connectivity index (χ0v) is 21.8. The van der Waals surface area contributed by atoms with Crippen LogP contribution in [0, 0.1) is 17.7 Å². The Morgan fingerprint density at radius 3 is 2.47 bits per heavy atom. The van der Waals surface area contributed by atoms with Gasteiger partial charge in [0.2, 0.25) is 0 Å². The van der Waals surface area contributed by atoms with E-state index in [4.69, 9.17) is 5.73 Å². The molecule has 0 unspecified atom stereocenters. The molecule has 0 bridgehead atoms. The van der Waals surface area contributed by atoms with Crippen molar-refractivity contribution in [3.63, 3.8) is 0 Å². The molecule has 5 rings (SSSR count). The van der Waals surface area contributed by atoms with E-state index in [1.807, 2.05) is 6.92 Å². The molecule has 10 heteroatoms. The summed E-state index contributed by atoms with van der Waals surface area (Å²) in [7, 11) is 3.25. The van der Waals surface area contributed by atoms with Gasteiger partial charge in [0.25, 0.3) is 5.91 Å². The molecular weight excluding hydrogens is 493 g/mol. The van der Waals surface area contributed by atoms with E-state index in [2.05, 4.69) is 11.5 Å². The monoisotopic (exact) mass is 527 g/mol. The number of aliphatic hydroxyl groups is 3. The van der Waals surface area contributed by atoms with Gasteiger partial charge in [-0.25, -0.2) is 4.39 Å². The van der Waals surface area contributed by atoms with Crippen LogP contribution in [-0.2, 0) is 22.6 Å². The SMILES string of the molecule is C=C1C(C(N)=O)=C(O)[C@@H](N(C)C)[C@@H]2C[C@@H]3Cc4c(F)c(CN(CC)C5CC5)cc(O)c4C(O)=C3C(=O)[C@]12O. The lowest BCUT2D eigenvalue weighted by atomic mass is 9.56. The number of rotatable bonds is 6. The number of primary amides is 1. The summed E-state index contributed by atoms with van der Waals surface area (Å²) in [6.45, 7) is 6.79. The maximum Gasteiger partial charge on any atom is 0.252 e. The molecule has 0 spiro atoms. The van der Waals surface area contributed by atoms with Crippen molar-refractivity contribution in [1.29, 1.82) is 0 Å². The number of carbonyl (C=O) groups excluding carboxylic acids is 2. The van der Waals surface area contributed by atoms with Crippen LogP contribution in [0.1, 0.15) is 42.9 Å². The average molecular weight is 528 g/mol. The standard InChI is InChI=1S/C28H34FN3O6/c1-5-32(15-6-7-15)11-14-10-18(33)21-16(22(14)29)8-13-9-17-23(31(3)4)25(35)19(27(30)37)12(2)28(17,38)26(36)20(13)24(21)34/h10,13,15,17,23,33-35,38H,2,5-9,11H2,1,3-4H3,(H2,30,37)/t13-,17-,23-,28-/m0/s1. The average Bonchev–Trinajstić information content (AvgIpc) is 3.67. The highest BCUT2D eigenvalue weighted by molar-refractivity contribution is 6.13. The lowest BCUT2D eigenvalue weighted by molar-refractivity contribution is -0.143. The number of aromatic hydroxyl groups is 1. The molecule has 0 aliphatic heterocycles. The van der Waals surface area contributed by atoms with Crippen molar-refractivity contribution in [2.45, 2.75) is 56.8 Å². The van der Waals surface area contributed by atoms with Gasteiger partial charge in [-0.3, -0.25) is 19.4 Å². The number of nitrogens with two attached hydrogens (primary N) is 1. The van der Waals surface area contributed by atoms with Crippen LogP contribution in [0.4, 0.5) is 4.39 Å². The van der Waals surface area contributed by atoms with Crippen LogP contribution < -0.4 is 5.73 Å². The van der Waals surface area contributed by atoms with Gasteiger partial charge < -0.3 is 26.2 Å². The number of phenolic OH excluding ortho intramolecular Hbond substituents is 1. The van der Waals surface area contributed by atoms with Gasteiger partial charge >= 0.3 is 0 Å². The van der Waals surface area contributed by atoms with Crippen molar-refractivity contribution >= 4 is 17.4 Å². The maximum atomic E-state index is 15.9. The molecule has 2 saturated carbocycles. The number of carbonyl (C=O) groups is 2. The number of fused-ring (bicyclic) bond motifs is 3. The second-order valence-corrected chi connectivity index (χ2v) is 11.1. The fourth-order valence-corrected chi connectivity index (χ4v) is 6.79. The van der Waals surface area contributed by atoms with E-state index >= 15 is 4.39 Å². The summed E-state index contributed by atoms with van der Waals surface area (Å²) < 4.78 is 15.9. The number of phenols is 1. The topological polar surface area (TPSA) is 148 Å². The highest BCUT2D eigenvalue weighted by atomic mass is 19.1. The highest BCUT2D eigenvalue weighted by Crippen LogP contribution is 2.54. The molecule has 0 radical (unpaired) electrons. The van der Waals surface area contributed by atoms with Crippen LogP contribution >= 0.6 is 0 Å². The number of likely N-dealkylation sites (N-methyl/N-ethyl adjacent to an activating group) is 1. The number of aliphatic hydroxyl groups excluding tert-OH is 2. The Hall–Kier alpha value is -3.21. The summed E-state index contributed by atoms with van der Waals surface area (Å²) in [5, 5.41) is 44.9. The summed E-state index contributed by atoms with van der Waals surface area (Å²) in [6.07, 6.45) is 2.18. The lowest BCUT2D eigenvalue weighted by Gasteiger charge is -2.52. The Morgan fingerprint density at radius 2 is 1.92 bits per heavy atom. The number of amides is 1. The molecule has 38 heavy (non-hydrogen) atoms. The zero-order chi connectivity index (χ0) is 27.8. The molecule has 4 aliphatic carbocycles. The largest absolute Gasteiger partial charge is 0.510 e. The van der Waals surface area contributed by atoms with Gasteiger partial charge in [-0.05, 0) is 58.3 Å². The smallest absolute Gasteiger partial charge is 0.252 e. The molecule has 1 aromatic rings. The van der Waals surface area contributed by atoms with Gasteiger partial charge in [-0.15, -0.1) is 0 Å². The maximum absolute atomic E-state index is 15.9. The first-order chi connectivity index (χ1) is 17.8. The minimum absolute atomic E-state index is 0.00953. The molecule has 2 fully saturated rings. The van der Waals surface area contributed by atoms with Crippen molar-refractivity contribution < 1.29 is 34.4 Å². The van der Waals surface area contributed by atoms with Gasteiger partial charge in [0, 0.05) is 40.8 Å². The molecule has 6 N–H and O–H groups in total. The van der Waals surface area contributed by atoms with Crippen LogP contribution in [0.15, 0.2) is 35.1 Å². The van der Waals surface area contributed by atoms with Gasteiger partial charge in [-0.1, -0.05) is 13.5 Å². The Balaban J connectivity index is 1.63. The van der Waals surface area contributed by atoms with Crippen LogP contribution in [0.3, 0.4) is 0 Å². The van der Waals surface area contributed by atoms with E-state index in [0.29, 0.717) is 18.2 Å². The molecular formula is C28H34FN3O6. The van der Waals surface area contributed by atoms with Gasteiger partial charge in [0.05, 0.1) is 17.2 Å². The second kappa shape index (κ2) is 8.93. The predicted octanol–water partition coefficient (Wildman–Crippen LogP) is 2.07. The predicted molar refractivity (Wildman–Crippen MR) is 137 cm³/mol. The minimum Gasteiger partial charge on any atom is -0.510 e. The molecule has 1 amide bonds. The molecule has 4 aliphatic rings. The number of nitrogens with zero attached hydrogens (tertiary/aromatic N) is 2. The minimum atomic E-state index is -2.34. The summed E-state index contributed by atoms with van der Waals surface area (Å²) in [6, 6.07) is 0.720. The number of hydrogen-bond donors (Lipinski definition) is 5. The van der Waals surface area contributed by atoms with E-state index in [-0.39, 0.29) is 40.9 Å². The molecule has 4 atom stereocenters. The van der Waals surface area contributed by atoms with Gasteiger partial charge in [0.15, 0.2) is 11.4 Å². The van der Waals surface area contributed by atoms with E-state index in [1.165, 1.54) is 6.07 Å². The van der Waals surface area contributed by atoms with Gasteiger partial charge in [-0.2, -0.15) is 0 Å². The molecule has 9 nitrogen and oxygen atoms in total. The van der Waals surface area contributed by atoms with Crippen molar-refractivity contribution in [3.05, 3.63) is 57.6 Å². The van der Waals surface area contributed by atoms with Crippen molar-refractivity contribution in [2.24, 2.45) is 17.6 Å². The van der Waals surface area contributed by atoms with E-state index in [1.54, 1.807) is 19.0 Å². The van der Waals surface area contributed by atoms with Crippen LogP contribution in [0.25, 0.3) is 5.76 Å². The van der Waals surface area contributed by atoms with Gasteiger partial charge in [0.1, 0.15) is 23.1 Å². The van der Waals surface area contributed by atoms with Crippen molar-refractivity contribution in [3.8, 4) is 5.75 Å². The third-order valence-corrected chi connectivity index (χ3v) is 8.76. The fourth-order valence-electron chi connectivity index (χ4n) is 6.79. The Labute approximate surface area is 220 Å². The van der Waals surface area contributed by atoms with Crippen LogP contribution in [-0.4, -0.2) is 80.2 Å². The first-order valence-electron chi connectivity index (χ1n) is 12.9. The van der Waals surface area contributed by atoms with Crippen LogP contribution in [0.5, 0.6) is 5.75 Å². The van der Waals surface area contributed by atoms with E-state index in [0.717, 1.165) is 19.4 Å². The number of benzene rings is 1. The Bertz CT molecular complexity index is 1330. The first kappa shape index (κ1) is 26.4. The summed E-state index contributed by atoms with van der Waals surface area (Å²) >= 11 is 0. The van der Waals surface area contributed by atoms with E-state index in [9.17, 15) is 30.0 Å². The Kier molecular flexibility index (Phi) is 6.20. The fraction of sp³-hybridized carbons (Fsp3) is 0.500. The molecule has 204 valence electrons. The van der Waals surface area contributed by atoms with Crippen molar-refractivity contribution in [1.82, 2.24) is 9.80 Å². The quantitative estimate of drug-likeness (QED) is 0.378. The number of hydrogen-bond acceptors (Lipinski definition) is 8. The zero-order valence-electron chi connectivity index (χ0n) is 21.8. The number of ketones is 1. The molecule has 1 aromatic carbocycles. The lowest BCUT2D eigenvalue weighted by Crippen LogP contribution is -2.63. The summed E-state index contributed by atoms with van der Waals surface area (Å²) in [5.41, 5.74) is 2.47. The Morgan fingerprint density at radius 1 is 1.26 bits per heavy atom. The normalized spacial score (nSPS) is 29.1. The number of halogens is 1. The second-order valence-electron chi connectivity index (χ2n) is 11.1. The summed E-state index contributed by atoms with van der Waals surface area (Å²) in [4.78, 5) is 29.8. The highest BCUT2D eigenvalue weighted by Gasteiger charge is 2.62. The number of Topliss-reactive ketones (excluding diaryl/α,β-unsaturated/α-hetero) is 1. The van der Waals surface area contributed by atoms with E-state index < -0.39 is 58.1 Å². The van der Waals surface area contributed by atoms with Crippen molar-refractivity contribution in [2.75, 3.05) is 20.6 Å². The first-order valence-corrected chi connectivity index (χ1v) is 12.9. The summed E-state index contributed by atoms with van der Waals surface area (Å²) in [5.74, 6) is -5.48. The molecule has 0 saturated heterocycles. The third-order valence-electron chi connectivity index (χ3n) is 8.76. The molecule has 0 aromatic heterocycles. The third kappa shape index (κ3) is 3.61. The molecule has 0 heterocycles.